The number of ether oxygens (including phenoxy) is 1. The van der Waals surface area contributed by atoms with Gasteiger partial charge in [0.2, 0.25) is 0 Å². The Kier molecular flexibility index (Phi) is 3.53. The van der Waals surface area contributed by atoms with E-state index < -0.39 is 5.60 Å². The molecular formula is C10H20O2. The molecule has 2 atom stereocenters. The lowest BCUT2D eigenvalue weighted by molar-refractivity contribution is -0.0649. The van der Waals surface area contributed by atoms with Crippen LogP contribution in [0.1, 0.15) is 39.5 Å². The lowest BCUT2D eigenvalue weighted by Crippen LogP contribution is -2.40. The number of hydrogen-bond acceptors (Lipinski definition) is 2. The van der Waals surface area contributed by atoms with Crippen molar-refractivity contribution in [1.82, 2.24) is 0 Å². The summed E-state index contributed by atoms with van der Waals surface area (Å²) in [5.41, 5.74) is -0.479. The molecule has 1 N–H and O–H groups in total. The molecule has 0 saturated heterocycles. The maximum Gasteiger partial charge on any atom is 0.0669 e. The van der Waals surface area contributed by atoms with E-state index in [9.17, 15) is 5.11 Å². The molecule has 0 aromatic carbocycles. The Morgan fingerprint density at radius 2 is 2.25 bits per heavy atom. The first kappa shape index (κ1) is 10.0. The normalized spacial score (nSPS) is 36.8. The maximum absolute atomic E-state index is 9.98. The zero-order valence-electron chi connectivity index (χ0n) is 8.18. The first-order valence-electron chi connectivity index (χ1n) is 4.97. The molecule has 0 spiro atoms. The fourth-order valence-corrected chi connectivity index (χ4v) is 1.91. The van der Waals surface area contributed by atoms with Crippen LogP contribution in [0.3, 0.4) is 0 Å². The van der Waals surface area contributed by atoms with Gasteiger partial charge in [0.15, 0.2) is 0 Å². The molecule has 0 unspecified atom stereocenters. The van der Waals surface area contributed by atoms with Crippen molar-refractivity contribution in [3.63, 3.8) is 0 Å². The molecule has 0 aliphatic heterocycles. The van der Waals surface area contributed by atoms with Gasteiger partial charge in [-0.15, -0.1) is 0 Å². The van der Waals surface area contributed by atoms with Crippen LogP contribution in [0.15, 0.2) is 0 Å². The monoisotopic (exact) mass is 172 g/mol. The van der Waals surface area contributed by atoms with Crippen LogP contribution >= 0.6 is 0 Å². The van der Waals surface area contributed by atoms with Crippen molar-refractivity contribution in [3.05, 3.63) is 0 Å². The predicted octanol–water partition coefficient (Wildman–Crippen LogP) is 1.96. The molecular weight excluding hydrogens is 152 g/mol. The van der Waals surface area contributed by atoms with Gasteiger partial charge in [-0.05, 0) is 26.7 Å². The Hall–Kier alpha value is -0.0800. The third kappa shape index (κ3) is 2.46. The lowest BCUT2D eigenvalue weighted by Gasteiger charge is -2.36. The van der Waals surface area contributed by atoms with Crippen molar-refractivity contribution in [2.24, 2.45) is 5.92 Å². The van der Waals surface area contributed by atoms with Crippen molar-refractivity contribution in [3.8, 4) is 0 Å². The largest absolute Gasteiger partial charge is 0.390 e. The van der Waals surface area contributed by atoms with Gasteiger partial charge in [-0.2, -0.15) is 0 Å². The van der Waals surface area contributed by atoms with Crippen molar-refractivity contribution in [2.45, 2.75) is 45.1 Å². The molecule has 1 fully saturated rings. The van der Waals surface area contributed by atoms with Gasteiger partial charge >= 0.3 is 0 Å². The molecule has 1 saturated carbocycles. The van der Waals surface area contributed by atoms with Crippen LogP contribution in [-0.2, 0) is 4.74 Å². The second-order valence-electron chi connectivity index (χ2n) is 3.96. The van der Waals surface area contributed by atoms with Crippen LogP contribution in [0.25, 0.3) is 0 Å². The van der Waals surface area contributed by atoms with E-state index in [1.807, 2.05) is 13.8 Å². The van der Waals surface area contributed by atoms with Crippen molar-refractivity contribution in [1.29, 1.82) is 0 Å². The molecule has 0 aromatic heterocycles. The molecule has 0 bridgehead atoms. The first-order chi connectivity index (χ1) is 5.67. The Bertz CT molecular complexity index is 132. The summed E-state index contributed by atoms with van der Waals surface area (Å²) in [6.45, 7) is 5.42. The van der Waals surface area contributed by atoms with Crippen LogP contribution in [0.5, 0.6) is 0 Å². The van der Waals surface area contributed by atoms with E-state index in [0.29, 0.717) is 5.92 Å². The average Bonchev–Trinajstić information content (AvgIpc) is 2.02. The molecule has 0 amide bonds. The summed E-state index contributed by atoms with van der Waals surface area (Å²) in [5.74, 6) is 0.353. The summed E-state index contributed by atoms with van der Waals surface area (Å²) < 4.78 is 5.35. The summed E-state index contributed by atoms with van der Waals surface area (Å²) in [4.78, 5) is 0. The number of rotatable bonds is 3. The highest BCUT2D eigenvalue weighted by Crippen LogP contribution is 2.33. The van der Waals surface area contributed by atoms with E-state index in [2.05, 4.69) is 0 Å². The molecule has 1 aliphatic carbocycles. The van der Waals surface area contributed by atoms with Gasteiger partial charge in [0.1, 0.15) is 0 Å². The van der Waals surface area contributed by atoms with Crippen LogP contribution in [0, 0.1) is 5.92 Å². The van der Waals surface area contributed by atoms with E-state index in [1.165, 1.54) is 6.42 Å². The fourth-order valence-electron chi connectivity index (χ4n) is 1.91. The molecule has 72 valence electrons. The highest BCUT2D eigenvalue weighted by atomic mass is 16.5. The molecule has 2 heteroatoms. The minimum absolute atomic E-state index is 0.353. The van der Waals surface area contributed by atoms with Crippen LogP contribution < -0.4 is 0 Å². The minimum Gasteiger partial charge on any atom is -0.390 e. The van der Waals surface area contributed by atoms with Crippen LogP contribution in [-0.4, -0.2) is 23.9 Å². The second kappa shape index (κ2) is 4.24. The van der Waals surface area contributed by atoms with Gasteiger partial charge in [0.05, 0.1) is 12.2 Å². The quantitative estimate of drug-likeness (QED) is 0.705. The van der Waals surface area contributed by atoms with Crippen molar-refractivity contribution in [2.75, 3.05) is 13.2 Å². The SMILES string of the molecule is CCOC[C@@H]1CCCC[C@@]1(C)O. The Morgan fingerprint density at radius 3 is 2.83 bits per heavy atom. The van der Waals surface area contributed by atoms with Gasteiger partial charge in [0, 0.05) is 12.5 Å². The molecule has 2 nitrogen and oxygen atoms in total. The second-order valence-corrected chi connectivity index (χ2v) is 3.96. The van der Waals surface area contributed by atoms with Gasteiger partial charge in [-0.25, -0.2) is 0 Å². The van der Waals surface area contributed by atoms with E-state index in [0.717, 1.165) is 32.5 Å². The average molecular weight is 172 g/mol. The zero-order valence-corrected chi connectivity index (χ0v) is 8.18. The summed E-state index contributed by atoms with van der Waals surface area (Å²) in [6.07, 6.45) is 4.46. The molecule has 1 rings (SSSR count). The van der Waals surface area contributed by atoms with E-state index in [-0.39, 0.29) is 0 Å². The first-order valence-corrected chi connectivity index (χ1v) is 4.97. The fraction of sp³-hybridized carbons (Fsp3) is 1.00. The minimum atomic E-state index is -0.479. The van der Waals surface area contributed by atoms with Crippen LogP contribution in [0.2, 0.25) is 0 Å². The summed E-state index contributed by atoms with van der Waals surface area (Å²) in [7, 11) is 0. The van der Waals surface area contributed by atoms with E-state index >= 15 is 0 Å². The Morgan fingerprint density at radius 1 is 1.50 bits per heavy atom. The summed E-state index contributed by atoms with van der Waals surface area (Å²) >= 11 is 0. The predicted molar refractivity (Wildman–Crippen MR) is 49.1 cm³/mol. The molecule has 1 aliphatic rings. The highest BCUT2D eigenvalue weighted by Gasteiger charge is 2.34. The third-order valence-corrected chi connectivity index (χ3v) is 2.89. The summed E-state index contributed by atoms with van der Waals surface area (Å²) in [6, 6.07) is 0. The van der Waals surface area contributed by atoms with Gasteiger partial charge in [0.25, 0.3) is 0 Å². The van der Waals surface area contributed by atoms with Crippen molar-refractivity contribution >= 4 is 0 Å². The standard InChI is InChI=1S/C10H20O2/c1-3-12-8-9-6-4-5-7-10(9,2)11/h9,11H,3-8H2,1-2H3/t9-,10+/m0/s1. The molecule has 0 radical (unpaired) electrons. The zero-order chi connectivity index (χ0) is 9.03. The Labute approximate surface area is 74.9 Å². The molecule has 0 heterocycles. The summed E-state index contributed by atoms with van der Waals surface area (Å²) in [5, 5.41) is 9.98. The lowest BCUT2D eigenvalue weighted by atomic mass is 9.77. The Balaban J connectivity index is 2.37. The smallest absolute Gasteiger partial charge is 0.0669 e. The number of aliphatic hydroxyl groups is 1. The number of hydrogen-bond donors (Lipinski definition) is 1. The van der Waals surface area contributed by atoms with Crippen molar-refractivity contribution < 1.29 is 9.84 Å². The third-order valence-electron chi connectivity index (χ3n) is 2.89. The highest BCUT2D eigenvalue weighted by molar-refractivity contribution is 4.85. The van der Waals surface area contributed by atoms with E-state index in [1.54, 1.807) is 0 Å². The molecule has 0 aromatic rings. The van der Waals surface area contributed by atoms with Gasteiger partial charge in [-0.1, -0.05) is 12.8 Å². The van der Waals surface area contributed by atoms with Crippen LogP contribution in [0.4, 0.5) is 0 Å². The molecule has 12 heavy (non-hydrogen) atoms. The van der Waals surface area contributed by atoms with Gasteiger partial charge < -0.3 is 9.84 Å². The van der Waals surface area contributed by atoms with Gasteiger partial charge in [-0.3, -0.25) is 0 Å². The van der Waals surface area contributed by atoms with E-state index in [4.69, 9.17) is 4.74 Å². The maximum atomic E-state index is 9.98. The topological polar surface area (TPSA) is 29.5 Å².